The van der Waals surface area contributed by atoms with Crippen LogP contribution in [0.2, 0.25) is 0 Å². The summed E-state index contributed by atoms with van der Waals surface area (Å²) >= 11 is 0. The molecule has 0 aliphatic heterocycles. The van der Waals surface area contributed by atoms with E-state index in [1.54, 1.807) is 0 Å². The molecule has 4 aliphatic carbocycles. The monoisotopic (exact) mass is 642 g/mol. The Balaban J connectivity index is 1.39. The van der Waals surface area contributed by atoms with Crippen LogP contribution in [-0.2, 0) is 4.74 Å². The average Bonchev–Trinajstić information content (AvgIpc) is 2.95. The van der Waals surface area contributed by atoms with Crippen LogP contribution in [0.25, 0.3) is 0 Å². The second kappa shape index (κ2) is 14.5. The minimum atomic E-state index is -4.29. The summed E-state index contributed by atoms with van der Waals surface area (Å²) < 4.78 is 147. The van der Waals surface area contributed by atoms with Crippen LogP contribution in [0, 0.1) is 41.4 Å². The van der Waals surface area contributed by atoms with Crippen LogP contribution in [0.4, 0.5) is 43.9 Å². The van der Waals surface area contributed by atoms with Crippen LogP contribution < -0.4 is 0 Å². The van der Waals surface area contributed by atoms with Gasteiger partial charge in [0.05, 0.1) is 5.57 Å². The average molecular weight is 643 g/mol. The first-order valence-corrected chi connectivity index (χ1v) is 14.3. The molecule has 0 amide bonds. The fourth-order valence-corrected chi connectivity index (χ4v) is 5.01. The van der Waals surface area contributed by atoms with E-state index in [0.29, 0.717) is 18.6 Å². The molecule has 0 saturated heterocycles. The molecule has 0 radical (unpaired) electrons. The third kappa shape index (κ3) is 8.45. The molecule has 0 aromatic rings. The summed E-state index contributed by atoms with van der Waals surface area (Å²) in [6, 6.07) is 0. The van der Waals surface area contributed by atoms with Crippen molar-refractivity contribution in [2.75, 3.05) is 0 Å². The predicted molar refractivity (Wildman–Crippen MR) is 149 cm³/mol. The SMILES string of the molecule is CCCCCC1C=C(F)C(C#CC2=CC(F)C(C#CC3=CCC(C(F)(F)OC4=CC(F)C(F)C(F)=C4)C(F)=C3)C(F)=C2)=C(F)C1. The van der Waals surface area contributed by atoms with E-state index in [1.807, 2.05) is 6.92 Å². The maximum atomic E-state index is 14.8. The second-order valence-corrected chi connectivity index (χ2v) is 10.9. The van der Waals surface area contributed by atoms with Crippen molar-refractivity contribution in [3.8, 4) is 23.7 Å². The highest BCUT2D eigenvalue weighted by atomic mass is 19.3. The topological polar surface area (TPSA) is 9.23 Å². The minimum absolute atomic E-state index is 0.0140. The standard InChI is InChI=1S/C34H28F10O/c1-2-3-4-5-20-13-26(35)24(27(36)14-20)10-7-21-15-28(37)23(29(38)16-21)9-6-19-8-11-25(30(39)12-19)34(43,44)45-22-17-31(40)33(42)32(41)18-22/h8,12-13,15-18,20,23,25,28,31,33H,2-5,11,14H2,1H3. The fraction of sp³-hybridized carbons (Fsp3) is 0.412. The van der Waals surface area contributed by atoms with E-state index >= 15 is 0 Å². The zero-order chi connectivity index (χ0) is 32.9. The quantitative estimate of drug-likeness (QED) is 0.153. The summed E-state index contributed by atoms with van der Waals surface area (Å²) in [5.74, 6) is -1.59. The van der Waals surface area contributed by atoms with Gasteiger partial charge in [0.25, 0.3) is 0 Å². The van der Waals surface area contributed by atoms with Crippen molar-refractivity contribution in [2.24, 2.45) is 17.8 Å². The molecule has 0 saturated carbocycles. The van der Waals surface area contributed by atoms with Crippen molar-refractivity contribution >= 4 is 0 Å². The number of allylic oxidation sites excluding steroid dienone is 14. The summed E-state index contributed by atoms with van der Waals surface area (Å²) in [6.45, 7) is 2.02. The van der Waals surface area contributed by atoms with Crippen LogP contribution in [-0.4, -0.2) is 24.6 Å². The number of halogens is 10. The summed E-state index contributed by atoms with van der Waals surface area (Å²) in [5.41, 5.74) is -0.816. The smallest absolute Gasteiger partial charge is 0.407 e. The van der Waals surface area contributed by atoms with Gasteiger partial charge in [0.15, 0.2) is 12.3 Å². The van der Waals surface area contributed by atoms with Gasteiger partial charge in [-0.1, -0.05) is 55.9 Å². The number of unbranched alkanes of at least 4 members (excludes halogenated alkanes) is 2. The molecule has 6 unspecified atom stereocenters. The molecule has 45 heavy (non-hydrogen) atoms. The lowest BCUT2D eigenvalue weighted by atomic mass is 9.90. The molecule has 0 heterocycles. The number of alkyl halides is 5. The van der Waals surface area contributed by atoms with Crippen molar-refractivity contribution < 1.29 is 48.6 Å². The molecule has 11 heteroatoms. The van der Waals surface area contributed by atoms with Crippen molar-refractivity contribution in [2.45, 2.75) is 70.1 Å². The Labute approximate surface area is 254 Å². The van der Waals surface area contributed by atoms with Crippen molar-refractivity contribution in [3.63, 3.8) is 0 Å². The van der Waals surface area contributed by atoms with Gasteiger partial charge in [-0.25, -0.2) is 35.1 Å². The molecule has 0 aromatic carbocycles. The Morgan fingerprint density at radius 2 is 1.56 bits per heavy atom. The molecule has 6 atom stereocenters. The Morgan fingerprint density at radius 1 is 0.822 bits per heavy atom. The third-order valence-electron chi connectivity index (χ3n) is 7.47. The highest BCUT2D eigenvalue weighted by molar-refractivity contribution is 5.54. The van der Waals surface area contributed by atoms with Gasteiger partial charge in [-0.2, -0.15) is 8.78 Å². The molecule has 4 rings (SSSR count). The Kier molecular flexibility index (Phi) is 11.0. The lowest BCUT2D eigenvalue weighted by molar-refractivity contribution is -0.242. The summed E-state index contributed by atoms with van der Waals surface area (Å²) in [6.07, 6.45) is -3.61. The predicted octanol–water partition coefficient (Wildman–Crippen LogP) is 10.3. The van der Waals surface area contributed by atoms with Gasteiger partial charge < -0.3 is 4.74 Å². The summed E-state index contributed by atoms with van der Waals surface area (Å²) in [4.78, 5) is 0. The van der Waals surface area contributed by atoms with Crippen molar-refractivity contribution in [1.82, 2.24) is 0 Å². The zero-order valence-electron chi connectivity index (χ0n) is 23.9. The van der Waals surface area contributed by atoms with Crippen LogP contribution in [0.1, 0.15) is 45.4 Å². The van der Waals surface area contributed by atoms with E-state index in [-0.39, 0.29) is 29.6 Å². The number of rotatable bonds is 7. The second-order valence-electron chi connectivity index (χ2n) is 10.9. The van der Waals surface area contributed by atoms with Crippen molar-refractivity contribution in [1.29, 1.82) is 0 Å². The maximum Gasteiger partial charge on any atom is 0.407 e. The van der Waals surface area contributed by atoms with E-state index in [0.717, 1.165) is 37.5 Å². The number of ether oxygens (including phenoxy) is 1. The van der Waals surface area contributed by atoms with E-state index in [9.17, 15) is 43.9 Å². The number of hydrogen-bond donors (Lipinski definition) is 0. The lowest BCUT2D eigenvalue weighted by Gasteiger charge is -2.28. The minimum Gasteiger partial charge on any atom is -0.432 e. The largest absolute Gasteiger partial charge is 0.432 e. The van der Waals surface area contributed by atoms with Gasteiger partial charge >= 0.3 is 6.11 Å². The molecule has 1 nitrogen and oxygen atoms in total. The van der Waals surface area contributed by atoms with E-state index < -0.39 is 83.3 Å². The molecule has 0 spiro atoms. The molecule has 0 N–H and O–H groups in total. The lowest BCUT2D eigenvalue weighted by Crippen LogP contribution is -2.33. The van der Waals surface area contributed by atoms with Crippen LogP contribution in [0.3, 0.4) is 0 Å². The summed E-state index contributed by atoms with van der Waals surface area (Å²) in [7, 11) is 0. The van der Waals surface area contributed by atoms with E-state index in [4.69, 9.17) is 0 Å². The molecule has 0 fully saturated rings. The third-order valence-corrected chi connectivity index (χ3v) is 7.47. The first-order chi connectivity index (χ1) is 21.3. The molecular formula is C34H28F10O. The summed E-state index contributed by atoms with van der Waals surface area (Å²) in [5, 5.41) is 0. The molecular weight excluding hydrogens is 614 g/mol. The normalized spacial score (nSPS) is 28.6. The Bertz CT molecular complexity index is 1550. The highest BCUT2D eigenvalue weighted by Crippen LogP contribution is 2.41. The van der Waals surface area contributed by atoms with Gasteiger partial charge in [0.1, 0.15) is 52.9 Å². The first kappa shape index (κ1) is 34.0. The molecule has 240 valence electrons. The highest BCUT2D eigenvalue weighted by Gasteiger charge is 2.46. The van der Waals surface area contributed by atoms with Gasteiger partial charge in [-0.05, 0) is 49.1 Å². The maximum absolute atomic E-state index is 14.8. The van der Waals surface area contributed by atoms with Crippen LogP contribution in [0.15, 0.2) is 94.1 Å². The van der Waals surface area contributed by atoms with E-state index in [2.05, 4.69) is 28.4 Å². The molecule has 0 aromatic heterocycles. The van der Waals surface area contributed by atoms with Gasteiger partial charge in [0, 0.05) is 23.6 Å². The van der Waals surface area contributed by atoms with Gasteiger partial charge in [-0.3, -0.25) is 0 Å². The molecule has 4 aliphatic rings. The fourth-order valence-electron chi connectivity index (χ4n) is 5.01. The Morgan fingerprint density at radius 3 is 2.20 bits per heavy atom. The zero-order valence-corrected chi connectivity index (χ0v) is 23.9. The molecule has 0 bridgehead atoms. The van der Waals surface area contributed by atoms with Gasteiger partial charge in [0.2, 0.25) is 0 Å². The van der Waals surface area contributed by atoms with Crippen LogP contribution >= 0.6 is 0 Å². The Hall–Kier alpha value is -3.86. The van der Waals surface area contributed by atoms with Crippen LogP contribution in [0.5, 0.6) is 0 Å². The van der Waals surface area contributed by atoms with Gasteiger partial charge in [-0.15, -0.1) is 0 Å². The first-order valence-electron chi connectivity index (χ1n) is 14.3. The van der Waals surface area contributed by atoms with Crippen molar-refractivity contribution in [3.05, 3.63) is 94.1 Å². The van der Waals surface area contributed by atoms with E-state index in [1.165, 1.54) is 6.08 Å². The number of hydrogen-bond acceptors (Lipinski definition) is 1.